The highest BCUT2D eigenvalue weighted by Gasteiger charge is 2.19. The summed E-state index contributed by atoms with van der Waals surface area (Å²) in [6.07, 6.45) is 9.15. The molecule has 0 unspecified atom stereocenters. The maximum Gasteiger partial charge on any atom is 0.207 e. The smallest absolute Gasteiger partial charge is 0.207 e. The first kappa shape index (κ1) is 12.7. The second-order valence-electron chi connectivity index (χ2n) is 5.20. The number of hydrogen-bond acceptors (Lipinski definition) is 2. The molecule has 1 fully saturated rings. The lowest BCUT2D eigenvalue weighted by Gasteiger charge is -2.16. The Kier molecular flexibility index (Phi) is 3.60. The van der Waals surface area contributed by atoms with Crippen molar-refractivity contribution in [2.75, 3.05) is 5.32 Å². The molecule has 0 radical (unpaired) electrons. The molecular formula is C15H18BrN3. The third-order valence-electron chi connectivity index (χ3n) is 3.76. The van der Waals surface area contributed by atoms with Gasteiger partial charge in [0.2, 0.25) is 5.95 Å². The highest BCUT2D eigenvalue weighted by atomic mass is 79.9. The molecule has 3 rings (SSSR count). The Bertz CT molecular complexity index is 571. The van der Waals surface area contributed by atoms with Gasteiger partial charge < -0.3 is 9.88 Å². The minimum absolute atomic E-state index is 0.605. The highest BCUT2D eigenvalue weighted by Crippen LogP contribution is 2.33. The van der Waals surface area contributed by atoms with Crippen LogP contribution < -0.4 is 5.32 Å². The second-order valence-corrected chi connectivity index (χ2v) is 6.06. The van der Waals surface area contributed by atoms with Crippen LogP contribution in [-0.2, 0) is 0 Å². The topological polar surface area (TPSA) is 29.9 Å². The van der Waals surface area contributed by atoms with Gasteiger partial charge in [-0.3, -0.25) is 0 Å². The van der Waals surface area contributed by atoms with Crippen LogP contribution in [-0.4, -0.2) is 9.55 Å². The van der Waals surface area contributed by atoms with Crippen LogP contribution in [0.15, 0.2) is 35.1 Å². The van der Waals surface area contributed by atoms with Crippen molar-refractivity contribution >= 4 is 27.6 Å². The van der Waals surface area contributed by atoms with Crippen molar-refractivity contribution in [3.8, 4) is 0 Å². The molecule has 4 heteroatoms. The number of imidazole rings is 1. The van der Waals surface area contributed by atoms with Gasteiger partial charge in [0.1, 0.15) is 0 Å². The number of aromatic nitrogens is 2. The molecule has 1 N–H and O–H groups in total. The van der Waals surface area contributed by atoms with Gasteiger partial charge in [0.25, 0.3) is 0 Å². The fourth-order valence-electron chi connectivity index (χ4n) is 2.74. The summed E-state index contributed by atoms with van der Waals surface area (Å²) in [7, 11) is 0. The molecule has 1 aromatic heterocycles. The summed E-state index contributed by atoms with van der Waals surface area (Å²) in [6, 6.07) is 6.91. The van der Waals surface area contributed by atoms with Gasteiger partial charge in [-0.15, -0.1) is 0 Å². The molecule has 100 valence electrons. The lowest BCUT2D eigenvalue weighted by molar-refractivity contribution is 0.525. The van der Waals surface area contributed by atoms with Crippen LogP contribution in [0.3, 0.4) is 0 Å². The number of nitrogens with one attached hydrogen (secondary N) is 1. The highest BCUT2D eigenvalue weighted by molar-refractivity contribution is 9.10. The van der Waals surface area contributed by atoms with E-state index in [1.807, 2.05) is 6.20 Å². The first-order chi connectivity index (χ1) is 9.24. The zero-order valence-electron chi connectivity index (χ0n) is 11.1. The minimum Gasteiger partial charge on any atom is -0.325 e. The Morgan fingerprint density at radius 1 is 1.32 bits per heavy atom. The number of halogens is 1. The standard InChI is InChI=1S/C15H18BrN3/c1-11-6-7-13(16)14(10-11)18-15-17-8-9-19(15)12-4-2-3-5-12/h6-10,12H,2-5H2,1H3,(H,17,18). The fraction of sp³-hybridized carbons (Fsp3) is 0.400. The van der Waals surface area contributed by atoms with Gasteiger partial charge in [-0.05, 0) is 53.4 Å². The van der Waals surface area contributed by atoms with E-state index in [1.54, 1.807) is 0 Å². The number of hydrogen-bond donors (Lipinski definition) is 1. The Morgan fingerprint density at radius 3 is 2.89 bits per heavy atom. The number of anilines is 2. The number of benzene rings is 1. The van der Waals surface area contributed by atoms with Crippen molar-refractivity contribution in [3.05, 3.63) is 40.6 Å². The summed E-state index contributed by atoms with van der Waals surface area (Å²) in [6.45, 7) is 2.10. The molecule has 1 aliphatic rings. The predicted octanol–water partition coefficient (Wildman–Crippen LogP) is 4.81. The first-order valence-electron chi connectivity index (χ1n) is 6.80. The van der Waals surface area contributed by atoms with Gasteiger partial charge in [-0.25, -0.2) is 4.98 Å². The Hall–Kier alpha value is -1.29. The molecule has 0 aliphatic heterocycles. The summed E-state index contributed by atoms with van der Waals surface area (Å²) in [5.74, 6) is 0.943. The SMILES string of the molecule is Cc1ccc(Br)c(Nc2nccn2C2CCCC2)c1. The maximum absolute atomic E-state index is 4.46. The van der Waals surface area contributed by atoms with E-state index in [2.05, 4.69) is 62.1 Å². The quantitative estimate of drug-likeness (QED) is 0.879. The van der Waals surface area contributed by atoms with E-state index >= 15 is 0 Å². The molecule has 0 saturated heterocycles. The monoisotopic (exact) mass is 319 g/mol. The molecule has 0 spiro atoms. The molecule has 3 nitrogen and oxygen atoms in total. The molecular weight excluding hydrogens is 302 g/mol. The van der Waals surface area contributed by atoms with E-state index in [0.29, 0.717) is 6.04 Å². The second kappa shape index (κ2) is 5.37. The molecule has 0 bridgehead atoms. The lowest BCUT2D eigenvalue weighted by atomic mass is 10.2. The van der Waals surface area contributed by atoms with Crippen LogP contribution in [0.4, 0.5) is 11.6 Å². The number of nitrogens with zero attached hydrogens (tertiary/aromatic N) is 2. The van der Waals surface area contributed by atoms with Crippen LogP contribution in [0.2, 0.25) is 0 Å². The summed E-state index contributed by atoms with van der Waals surface area (Å²) >= 11 is 3.58. The van der Waals surface area contributed by atoms with Gasteiger partial charge >= 0.3 is 0 Å². The van der Waals surface area contributed by atoms with E-state index in [0.717, 1.165) is 16.1 Å². The van der Waals surface area contributed by atoms with Crippen LogP contribution in [0, 0.1) is 6.92 Å². The van der Waals surface area contributed by atoms with E-state index in [9.17, 15) is 0 Å². The minimum atomic E-state index is 0.605. The fourth-order valence-corrected chi connectivity index (χ4v) is 3.09. The normalized spacial score (nSPS) is 15.9. The maximum atomic E-state index is 4.46. The van der Waals surface area contributed by atoms with Gasteiger partial charge in [0, 0.05) is 22.9 Å². The Morgan fingerprint density at radius 2 is 2.11 bits per heavy atom. The van der Waals surface area contributed by atoms with Gasteiger partial charge in [-0.1, -0.05) is 18.9 Å². The Balaban J connectivity index is 1.87. The van der Waals surface area contributed by atoms with E-state index in [-0.39, 0.29) is 0 Å². The average molecular weight is 320 g/mol. The van der Waals surface area contributed by atoms with Crippen molar-refractivity contribution < 1.29 is 0 Å². The number of rotatable bonds is 3. The van der Waals surface area contributed by atoms with E-state index < -0.39 is 0 Å². The van der Waals surface area contributed by atoms with Crippen molar-refractivity contribution in [1.29, 1.82) is 0 Å². The van der Waals surface area contributed by atoms with E-state index in [1.165, 1.54) is 31.2 Å². The molecule has 2 aromatic rings. The van der Waals surface area contributed by atoms with Crippen molar-refractivity contribution in [1.82, 2.24) is 9.55 Å². The first-order valence-corrected chi connectivity index (χ1v) is 7.59. The molecule has 19 heavy (non-hydrogen) atoms. The zero-order valence-corrected chi connectivity index (χ0v) is 12.7. The largest absolute Gasteiger partial charge is 0.325 e. The van der Waals surface area contributed by atoms with Gasteiger partial charge in [0.15, 0.2) is 0 Å². The van der Waals surface area contributed by atoms with Gasteiger partial charge in [-0.2, -0.15) is 0 Å². The third-order valence-corrected chi connectivity index (χ3v) is 4.45. The van der Waals surface area contributed by atoms with Crippen LogP contribution in [0.5, 0.6) is 0 Å². The lowest BCUT2D eigenvalue weighted by Crippen LogP contribution is -2.08. The molecule has 0 amide bonds. The summed E-state index contributed by atoms with van der Waals surface area (Å²) < 4.78 is 3.35. The molecule has 1 saturated carbocycles. The molecule has 1 aromatic carbocycles. The Labute approximate surface area is 122 Å². The zero-order chi connectivity index (χ0) is 13.2. The summed E-state index contributed by atoms with van der Waals surface area (Å²) in [5, 5.41) is 3.44. The number of aryl methyl sites for hydroxylation is 1. The summed E-state index contributed by atoms with van der Waals surface area (Å²) in [4.78, 5) is 4.46. The third kappa shape index (κ3) is 2.68. The van der Waals surface area contributed by atoms with Crippen LogP contribution in [0.25, 0.3) is 0 Å². The van der Waals surface area contributed by atoms with Crippen molar-refractivity contribution in [2.45, 2.75) is 38.6 Å². The summed E-state index contributed by atoms with van der Waals surface area (Å²) in [5.41, 5.74) is 2.31. The van der Waals surface area contributed by atoms with Crippen LogP contribution in [0.1, 0.15) is 37.3 Å². The van der Waals surface area contributed by atoms with Gasteiger partial charge in [0.05, 0.1) is 5.69 Å². The van der Waals surface area contributed by atoms with Crippen molar-refractivity contribution in [2.24, 2.45) is 0 Å². The molecule has 0 atom stereocenters. The van der Waals surface area contributed by atoms with E-state index in [4.69, 9.17) is 0 Å². The average Bonchev–Trinajstić information content (AvgIpc) is 3.03. The molecule has 1 aliphatic carbocycles. The molecule has 1 heterocycles. The van der Waals surface area contributed by atoms with Crippen molar-refractivity contribution in [3.63, 3.8) is 0 Å². The van der Waals surface area contributed by atoms with Crippen LogP contribution >= 0.6 is 15.9 Å². The predicted molar refractivity (Wildman–Crippen MR) is 81.9 cm³/mol.